The smallest absolute Gasteiger partial charge is 0.325 e. The molecule has 0 aliphatic carbocycles. The van der Waals surface area contributed by atoms with Crippen molar-refractivity contribution in [1.29, 1.82) is 0 Å². The number of nitrogens with zero attached hydrogens (tertiary/aromatic N) is 4. The largest absolute Gasteiger partial charge is 0.480 e. The van der Waals surface area contributed by atoms with Crippen molar-refractivity contribution in [3.05, 3.63) is 53.3 Å². The molecule has 2 N–H and O–H groups in total. The Labute approximate surface area is 232 Å². The van der Waals surface area contributed by atoms with Gasteiger partial charge < -0.3 is 15.2 Å². The molecule has 3 aliphatic heterocycles. The van der Waals surface area contributed by atoms with Gasteiger partial charge in [0.1, 0.15) is 11.9 Å². The van der Waals surface area contributed by atoms with E-state index in [4.69, 9.17) is 4.74 Å². The number of nitrogens with one attached hydrogen (secondary N) is 1. The summed E-state index contributed by atoms with van der Waals surface area (Å²) in [6, 6.07) is 8.66. The van der Waals surface area contributed by atoms with Crippen molar-refractivity contribution in [2.24, 2.45) is 5.92 Å². The number of hydrogen-bond donors (Lipinski definition) is 2. The number of benzene rings is 1. The van der Waals surface area contributed by atoms with Gasteiger partial charge in [0, 0.05) is 48.7 Å². The Hall–Kier alpha value is -3.11. The van der Waals surface area contributed by atoms with Gasteiger partial charge in [0.2, 0.25) is 0 Å². The maximum absolute atomic E-state index is 15.4. The molecular formula is C30H37F2N5O3. The molecule has 3 aliphatic rings. The molecule has 1 aromatic carbocycles. The van der Waals surface area contributed by atoms with Crippen molar-refractivity contribution in [3.8, 4) is 0 Å². The first-order valence-electron chi connectivity index (χ1n) is 14.5. The SMILES string of the molecule is O=C(O)[C@@H](c1cccc2cnn([C@H]3CCOC3)c12)N1CCC(C(F)(F)CCCCc2ccc3c(n2)NCCC3)C1. The van der Waals surface area contributed by atoms with Crippen molar-refractivity contribution in [1.82, 2.24) is 19.7 Å². The number of alkyl halides is 2. The van der Waals surface area contributed by atoms with Crippen molar-refractivity contribution in [3.63, 3.8) is 0 Å². The predicted octanol–water partition coefficient (Wildman–Crippen LogP) is 5.25. The van der Waals surface area contributed by atoms with Crippen LogP contribution in [0.25, 0.3) is 10.9 Å². The molecule has 2 aromatic heterocycles. The second-order valence-corrected chi connectivity index (χ2v) is 11.4. The molecule has 6 rings (SSSR count). The average molecular weight is 554 g/mol. The van der Waals surface area contributed by atoms with Gasteiger partial charge in [0.05, 0.1) is 24.4 Å². The summed E-state index contributed by atoms with van der Waals surface area (Å²) in [5, 5.41) is 19.0. The minimum absolute atomic E-state index is 0.0384. The molecule has 0 spiro atoms. The van der Waals surface area contributed by atoms with Gasteiger partial charge in [-0.2, -0.15) is 5.10 Å². The fraction of sp³-hybridized carbons (Fsp3) is 0.567. The minimum Gasteiger partial charge on any atom is -0.480 e. The highest BCUT2D eigenvalue weighted by atomic mass is 19.3. The number of carbonyl (C=O) groups is 1. The lowest BCUT2D eigenvalue weighted by Gasteiger charge is -2.28. The van der Waals surface area contributed by atoms with Gasteiger partial charge in [-0.3, -0.25) is 14.4 Å². The number of carboxylic acid groups (broad SMARTS) is 1. The van der Waals surface area contributed by atoms with Gasteiger partial charge >= 0.3 is 5.97 Å². The summed E-state index contributed by atoms with van der Waals surface area (Å²) >= 11 is 0. The van der Waals surface area contributed by atoms with Gasteiger partial charge in [-0.15, -0.1) is 0 Å². The van der Waals surface area contributed by atoms with Crippen LogP contribution in [0.1, 0.15) is 67.4 Å². The van der Waals surface area contributed by atoms with E-state index in [-0.39, 0.29) is 25.4 Å². The molecule has 8 nitrogen and oxygen atoms in total. The Morgan fingerprint density at radius 3 is 2.95 bits per heavy atom. The lowest BCUT2D eigenvalue weighted by molar-refractivity contribution is -0.143. The van der Waals surface area contributed by atoms with E-state index in [1.165, 1.54) is 5.56 Å². The first kappa shape index (κ1) is 27.1. The van der Waals surface area contributed by atoms with E-state index in [9.17, 15) is 9.90 Å². The Bertz CT molecular complexity index is 1360. The van der Waals surface area contributed by atoms with E-state index in [1.807, 2.05) is 22.9 Å². The number of halogens is 2. The Morgan fingerprint density at radius 1 is 1.23 bits per heavy atom. The Balaban J connectivity index is 1.10. The molecule has 1 unspecified atom stereocenters. The summed E-state index contributed by atoms with van der Waals surface area (Å²) in [7, 11) is 0. The van der Waals surface area contributed by atoms with E-state index in [1.54, 1.807) is 17.2 Å². The number of carboxylic acids is 1. The molecule has 0 bridgehead atoms. The zero-order chi connectivity index (χ0) is 27.7. The molecule has 2 saturated heterocycles. The average Bonchev–Trinajstić information content (AvgIpc) is 3.72. The molecule has 2 fully saturated rings. The van der Waals surface area contributed by atoms with Gasteiger partial charge in [0.15, 0.2) is 0 Å². The number of aromatic nitrogens is 3. The van der Waals surface area contributed by atoms with Crippen LogP contribution < -0.4 is 5.32 Å². The molecule has 3 atom stereocenters. The van der Waals surface area contributed by atoms with Crippen LogP contribution in [0.3, 0.4) is 0 Å². The van der Waals surface area contributed by atoms with Crippen LogP contribution in [0.2, 0.25) is 0 Å². The van der Waals surface area contributed by atoms with Gasteiger partial charge in [0.25, 0.3) is 5.92 Å². The molecule has 0 radical (unpaired) electrons. The van der Waals surface area contributed by atoms with Crippen molar-refractivity contribution in [2.75, 3.05) is 38.2 Å². The molecule has 214 valence electrons. The summed E-state index contributed by atoms with van der Waals surface area (Å²) in [4.78, 5) is 19.0. The molecule has 5 heterocycles. The summed E-state index contributed by atoms with van der Waals surface area (Å²) < 4.78 is 38.1. The third kappa shape index (κ3) is 5.43. The second kappa shape index (κ2) is 11.4. The van der Waals surface area contributed by atoms with E-state index in [0.717, 1.165) is 48.2 Å². The second-order valence-electron chi connectivity index (χ2n) is 11.4. The number of fused-ring (bicyclic) bond motifs is 2. The zero-order valence-electron chi connectivity index (χ0n) is 22.7. The number of aliphatic carboxylic acids is 1. The highest BCUT2D eigenvalue weighted by Crippen LogP contribution is 2.41. The van der Waals surface area contributed by atoms with E-state index in [0.29, 0.717) is 44.6 Å². The number of anilines is 1. The Kier molecular flexibility index (Phi) is 7.72. The Morgan fingerprint density at radius 2 is 2.12 bits per heavy atom. The molecule has 0 saturated carbocycles. The van der Waals surface area contributed by atoms with Crippen LogP contribution in [0.4, 0.5) is 14.6 Å². The third-order valence-electron chi connectivity index (χ3n) is 8.76. The molecule has 0 amide bonds. The lowest BCUT2D eigenvalue weighted by Crippen LogP contribution is -2.36. The maximum atomic E-state index is 15.4. The highest BCUT2D eigenvalue weighted by molar-refractivity contribution is 5.88. The maximum Gasteiger partial charge on any atom is 0.325 e. The topological polar surface area (TPSA) is 92.5 Å². The van der Waals surface area contributed by atoms with Crippen molar-refractivity contribution >= 4 is 22.7 Å². The summed E-state index contributed by atoms with van der Waals surface area (Å²) in [5.41, 5.74) is 3.52. The minimum atomic E-state index is -2.85. The molecule has 10 heteroatoms. The molecular weight excluding hydrogens is 516 g/mol. The zero-order valence-corrected chi connectivity index (χ0v) is 22.7. The first-order chi connectivity index (χ1) is 19.4. The van der Waals surface area contributed by atoms with Crippen molar-refractivity contribution in [2.45, 2.75) is 69.4 Å². The number of hydrogen-bond acceptors (Lipinski definition) is 6. The number of pyridine rings is 1. The fourth-order valence-corrected chi connectivity index (χ4v) is 6.57. The number of rotatable bonds is 10. The molecule has 40 heavy (non-hydrogen) atoms. The number of unbranched alkanes of at least 4 members (excludes halogenated alkanes) is 1. The normalized spacial score (nSPS) is 22.4. The number of para-hydroxylation sites is 1. The van der Waals surface area contributed by atoms with Gasteiger partial charge in [-0.05, 0) is 63.1 Å². The van der Waals surface area contributed by atoms with Gasteiger partial charge in [-0.1, -0.05) is 24.3 Å². The van der Waals surface area contributed by atoms with Crippen LogP contribution in [-0.2, 0) is 22.4 Å². The summed E-state index contributed by atoms with van der Waals surface area (Å²) in [6.07, 6.45) is 6.48. The quantitative estimate of drug-likeness (QED) is 0.332. The summed E-state index contributed by atoms with van der Waals surface area (Å²) in [5.74, 6) is -3.81. The van der Waals surface area contributed by atoms with Crippen molar-refractivity contribution < 1.29 is 23.4 Å². The number of likely N-dealkylation sites (tertiary alicyclic amines) is 1. The number of aryl methyl sites for hydroxylation is 2. The van der Waals surface area contributed by atoms with Crippen LogP contribution in [0.15, 0.2) is 36.5 Å². The van der Waals surface area contributed by atoms with Gasteiger partial charge in [-0.25, -0.2) is 13.8 Å². The number of ether oxygens (including phenoxy) is 1. The fourth-order valence-electron chi connectivity index (χ4n) is 6.57. The van der Waals surface area contributed by atoms with Crippen LogP contribution in [0.5, 0.6) is 0 Å². The highest BCUT2D eigenvalue weighted by Gasteiger charge is 2.45. The summed E-state index contributed by atoms with van der Waals surface area (Å²) in [6.45, 7) is 2.46. The predicted molar refractivity (Wildman–Crippen MR) is 148 cm³/mol. The lowest BCUT2D eigenvalue weighted by atomic mass is 9.95. The van der Waals surface area contributed by atoms with Crippen LogP contribution in [0, 0.1) is 5.92 Å². The van der Waals surface area contributed by atoms with E-state index < -0.39 is 23.9 Å². The van der Waals surface area contributed by atoms with Crippen LogP contribution >= 0.6 is 0 Å². The van der Waals surface area contributed by atoms with E-state index >= 15 is 8.78 Å². The van der Waals surface area contributed by atoms with E-state index in [2.05, 4.69) is 21.5 Å². The third-order valence-corrected chi connectivity index (χ3v) is 8.76. The van der Waals surface area contributed by atoms with Crippen LogP contribution in [-0.4, -0.2) is 69.5 Å². The monoisotopic (exact) mass is 553 g/mol. The molecule has 3 aromatic rings. The first-order valence-corrected chi connectivity index (χ1v) is 14.5. The standard InChI is InChI=1S/C30H37F2N5O3/c31-30(32,13-2-1-7-23-10-9-20-6-4-14-33-28(20)35-23)22-11-15-36(18-22)27(29(38)39)25-8-3-5-21-17-34-37(26(21)25)24-12-16-40-19-24/h3,5,8-10,17,22,24,27H,1-2,4,6-7,11-16,18-19H2,(H,33,35)(H,38,39)/t22?,24-,27+/m0/s1.